The first kappa shape index (κ1) is 15.0. The molecule has 1 aromatic carbocycles. The third-order valence-corrected chi connectivity index (χ3v) is 4.21. The van der Waals surface area contributed by atoms with Gasteiger partial charge in [-0.2, -0.15) is 0 Å². The topological polar surface area (TPSA) is 37.8 Å². The molecule has 0 unspecified atom stereocenters. The van der Waals surface area contributed by atoms with Crippen LogP contribution in [-0.2, 0) is 0 Å². The Hall–Kier alpha value is -1.42. The zero-order chi connectivity index (χ0) is 14.9. The van der Waals surface area contributed by atoms with Crippen molar-refractivity contribution in [2.75, 3.05) is 11.9 Å². The second-order valence-corrected chi connectivity index (χ2v) is 5.89. The number of aryl methyl sites for hydroxylation is 4. The molecule has 1 N–H and O–H groups in total. The number of rotatable bonds is 3. The summed E-state index contributed by atoms with van der Waals surface area (Å²) in [5, 5.41) is 3.28. The van der Waals surface area contributed by atoms with Gasteiger partial charge < -0.3 is 5.32 Å². The first-order valence-electron chi connectivity index (χ1n) is 6.80. The molecule has 20 heavy (non-hydrogen) atoms. The lowest BCUT2D eigenvalue weighted by Gasteiger charge is -2.14. The average molecular weight is 334 g/mol. The molecule has 0 saturated carbocycles. The summed E-state index contributed by atoms with van der Waals surface area (Å²) in [6.07, 6.45) is 0. The Morgan fingerprint density at radius 2 is 1.65 bits per heavy atom. The Morgan fingerprint density at radius 1 is 1.05 bits per heavy atom. The quantitative estimate of drug-likeness (QED) is 0.893. The van der Waals surface area contributed by atoms with Crippen molar-refractivity contribution in [3.05, 3.63) is 39.0 Å². The molecule has 106 valence electrons. The number of benzene rings is 1. The second-order valence-electron chi connectivity index (χ2n) is 5.10. The van der Waals surface area contributed by atoms with Crippen LogP contribution in [0.4, 0.5) is 5.82 Å². The highest BCUT2D eigenvalue weighted by Crippen LogP contribution is 2.30. The van der Waals surface area contributed by atoms with Crippen LogP contribution in [0.2, 0.25) is 0 Å². The number of hydrogen-bond acceptors (Lipinski definition) is 3. The van der Waals surface area contributed by atoms with Gasteiger partial charge >= 0.3 is 0 Å². The van der Waals surface area contributed by atoms with Crippen molar-refractivity contribution in [2.45, 2.75) is 34.6 Å². The van der Waals surface area contributed by atoms with Gasteiger partial charge in [-0.25, -0.2) is 9.97 Å². The molecule has 0 radical (unpaired) electrons. The van der Waals surface area contributed by atoms with E-state index in [1.54, 1.807) is 0 Å². The molecule has 0 aliphatic rings. The number of anilines is 1. The molecule has 0 spiro atoms. The van der Waals surface area contributed by atoms with Crippen LogP contribution in [0.25, 0.3) is 11.4 Å². The first-order valence-corrected chi connectivity index (χ1v) is 7.59. The van der Waals surface area contributed by atoms with Crippen molar-refractivity contribution >= 4 is 21.7 Å². The molecule has 2 rings (SSSR count). The lowest BCUT2D eigenvalue weighted by Crippen LogP contribution is -2.05. The Labute approximate surface area is 129 Å². The van der Waals surface area contributed by atoms with E-state index in [0.29, 0.717) is 0 Å². The third-order valence-electron chi connectivity index (χ3n) is 3.26. The van der Waals surface area contributed by atoms with Crippen molar-refractivity contribution in [3.8, 4) is 11.4 Å². The smallest absolute Gasteiger partial charge is 0.162 e. The van der Waals surface area contributed by atoms with E-state index in [2.05, 4.69) is 71.0 Å². The van der Waals surface area contributed by atoms with E-state index in [0.717, 1.165) is 33.9 Å². The highest BCUT2D eigenvalue weighted by molar-refractivity contribution is 9.10. The van der Waals surface area contributed by atoms with Gasteiger partial charge in [0.25, 0.3) is 0 Å². The van der Waals surface area contributed by atoms with E-state index in [-0.39, 0.29) is 0 Å². The molecule has 2 aromatic rings. The van der Waals surface area contributed by atoms with Gasteiger partial charge in [-0.15, -0.1) is 0 Å². The Morgan fingerprint density at radius 3 is 2.20 bits per heavy atom. The Bertz CT molecular complexity index is 627. The summed E-state index contributed by atoms with van der Waals surface area (Å²) in [6, 6.07) is 4.35. The van der Waals surface area contributed by atoms with Crippen LogP contribution in [0.3, 0.4) is 0 Å². The fraction of sp³-hybridized carbons (Fsp3) is 0.375. The van der Waals surface area contributed by atoms with Crippen molar-refractivity contribution in [1.29, 1.82) is 0 Å². The molecule has 0 aliphatic carbocycles. The number of halogens is 1. The Kier molecular flexibility index (Phi) is 4.43. The highest BCUT2D eigenvalue weighted by Gasteiger charge is 2.14. The van der Waals surface area contributed by atoms with E-state index >= 15 is 0 Å². The molecule has 3 nitrogen and oxygen atoms in total. The van der Waals surface area contributed by atoms with Gasteiger partial charge in [0, 0.05) is 12.1 Å². The molecule has 0 saturated heterocycles. The van der Waals surface area contributed by atoms with E-state index < -0.39 is 0 Å². The maximum absolute atomic E-state index is 4.68. The maximum atomic E-state index is 4.68. The molecule has 0 fully saturated rings. The van der Waals surface area contributed by atoms with E-state index in [4.69, 9.17) is 0 Å². The van der Waals surface area contributed by atoms with Crippen LogP contribution in [-0.4, -0.2) is 16.5 Å². The van der Waals surface area contributed by atoms with Gasteiger partial charge in [-0.3, -0.25) is 0 Å². The summed E-state index contributed by atoms with van der Waals surface area (Å²) < 4.78 is 0.936. The first-order chi connectivity index (χ1) is 9.43. The van der Waals surface area contributed by atoms with Crippen LogP contribution in [0.15, 0.2) is 16.6 Å². The summed E-state index contributed by atoms with van der Waals surface area (Å²) in [4.78, 5) is 9.31. The van der Waals surface area contributed by atoms with Crippen LogP contribution < -0.4 is 5.32 Å². The maximum Gasteiger partial charge on any atom is 0.162 e. The molecule has 1 aromatic heterocycles. The predicted octanol–water partition coefficient (Wildman–Crippen LogP) is 4.57. The summed E-state index contributed by atoms with van der Waals surface area (Å²) in [7, 11) is 0. The minimum atomic E-state index is 0.789. The predicted molar refractivity (Wildman–Crippen MR) is 88.3 cm³/mol. The fourth-order valence-corrected chi connectivity index (χ4v) is 2.81. The van der Waals surface area contributed by atoms with Crippen molar-refractivity contribution in [2.24, 2.45) is 0 Å². The minimum Gasteiger partial charge on any atom is -0.369 e. The molecule has 0 aliphatic heterocycles. The van der Waals surface area contributed by atoms with Crippen LogP contribution >= 0.6 is 15.9 Å². The lowest BCUT2D eigenvalue weighted by molar-refractivity contribution is 1.06. The zero-order valence-corrected chi connectivity index (χ0v) is 14.2. The Balaban J connectivity index is 2.64. The van der Waals surface area contributed by atoms with E-state index in [9.17, 15) is 0 Å². The zero-order valence-electron chi connectivity index (χ0n) is 12.6. The van der Waals surface area contributed by atoms with Crippen LogP contribution in [0.1, 0.15) is 29.3 Å². The molecular weight excluding hydrogens is 314 g/mol. The largest absolute Gasteiger partial charge is 0.369 e. The van der Waals surface area contributed by atoms with Crippen molar-refractivity contribution in [1.82, 2.24) is 9.97 Å². The number of nitrogens with zero attached hydrogens (tertiary/aromatic N) is 2. The monoisotopic (exact) mass is 333 g/mol. The minimum absolute atomic E-state index is 0.789. The molecule has 0 atom stereocenters. The summed E-state index contributed by atoms with van der Waals surface area (Å²) >= 11 is 3.55. The molecule has 0 amide bonds. The highest BCUT2D eigenvalue weighted by atomic mass is 79.9. The van der Waals surface area contributed by atoms with Crippen molar-refractivity contribution in [3.63, 3.8) is 0 Å². The SMILES string of the molecule is CCNc1nc(-c2c(C)cc(C)cc2C)nc(C)c1Br. The van der Waals surface area contributed by atoms with Crippen molar-refractivity contribution < 1.29 is 0 Å². The van der Waals surface area contributed by atoms with Gasteiger partial charge in [-0.05, 0) is 61.7 Å². The molecular formula is C16H20BrN3. The summed E-state index contributed by atoms with van der Waals surface area (Å²) in [5.41, 5.74) is 5.78. The van der Waals surface area contributed by atoms with Crippen LogP contribution in [0, 0.1) is 27.7 Å². The molecule has 0 bridgehead atoms. The van der Waals surface area contributed by atoms with Gasteiger partial charge in [0.15, 0.2) is 5.82 Å². The normalized spacial score (nSPS) is 10.7. The standard InChI is InChI=1S/C16H20BrN3/c1-6-18-16-14(17)12(5)19-15(20-16)13-10(3)7-9(2)8-11(13)4/h7-8H,6H2,1-5H3,(H,18,19,20). The summed E-state index contributed by atoms with van der Waals surface area (Å²) in [6.45, 7) is 11.2. The lowest BCUT2D eigenvalue weighted by atomic mass is 9.99. The number of aromatic nitrogens is 2. The fourth-order valence-electron chi connectivity index (χ4n) is 2.49. The second kappa shape index (κ2) is 5.92. The average Bonchev–Trinajstić information content (AvgIpc) is 2.34. The number of hydrogen-bond donors (Lipinski definition) is 1. The summed E-state index contributed by atoms with van der Waals surface area (Å²) in [5.74, 6) is 1.64. The van der Waals surface area contributed by atoms with Gasteiger partial charge in [0.1, 0.15) is 5.82 Å². The van der Waals surface area contributed by atoms with Gasteiger partial charge in [0.2, 0.25) is 0 Å². The third kappa shape index (κ3) is 2.85. The number of nitrogens with one attached hydrogen (secondary N) is 1. The van der Waals surface area contributed by atoms with E-state index in [1.807, 2.05) is 6.92 Å². The van der Waals surface area contributed by atoms with Gasteiger partial charge in [-0.1, -0.05) is 17.7 Å². The van der Waals surface area contributed by atoms with Gasteiger partial charge in [0.05, 0.1) is 10.2 Å². The molecule has 1 heterocycles. The molecule has 4 heteroatoms. The van der Waals surface area contributed by atoms with Crippen LogP contribution in [0.5, 0.6) is 0 Å². The van der Waals surface area contributed by atoms with E-state index in [1.165, 1.54) is 16.7 Å².